The molecule has 4 nitrogen and oxygen atoms in total. The second-order valence-corrected chi connectivity index (χ2v) is 7.03. The van der Waals surface area contributed by atoms with Crippen molar-refractivity contribution in [2.45, 2.75) is 38.6 Å². The molecule has 1 aromatic rings. The smallest absolute Gasteiger partial charge is 0.290 e. The summed E-state index contributed by atoms with van der Waals surface area (Å²) in [6, 6.07) is 5.92. The molecule has 4 bridgehead atoms. The Labute approximate surface area is 118 Å². The molecule has 0 spiro atoms. The minimum Gasteiger partial charge on any atom is -0.459 e. The van der Waals surface area contributed by atoms with Crippen molar-refractivity contribution in [3.8, 4) is 6.07 Å². The summed E-state index contributed by atoms with van der Waals surface area (Å²) >= 11 is 0. The van der Waals surface area contributed by atoms with E-state index in [1.165, 1.54) is 12.7 Å². The van der Waals surface area contributed by atoms with Crippen molar-refractivity contribution in [3.63, 3.8) is 0 Å². The van der Waals surface area contributed by atoms with Gasteiger partial charge >= 0.3 is 0 Å². The molecule has 0 unspecified atom stereocenters. The van der Waals surface area contributed by atoms with E-state index < -0.39 is 5.54 Å². The summed E-state index contributed by atoms with van der Waals surface area (Å²) in [4.78, 5) is 14.5. The highest BCUT2D eigenvalue weighted by atomic mass is 16.3. The highest BCUT2D eigenvalue weighted by Gasteiger charge is 2.79. The van der Waals surface area contributed by atoms with Crippen LogP contribution in [-0.4, -0.2) is 22.9 Å². The van der Waals surface area contributed by atoms with Crippen LogP contribution >= 0.6 is 0 Å². The average Bonchev–Trinajstić information content (AvgIpc) is 3.13. The van der Waals surface area contributed by atoms with Crippen molar-refractivity contribution in [2.75, 3.05) is 6.54 Å². The third-order valence-corrected chi connectivity index (χ3v) is 6.72. The molecule has 1 aliphatic heterocycles. The number of rotatable bonds is 1. The van der Waals surface area contributed by atoms with E-state index in [0.29, 0.717) is 18.2 Å². The first-order valence-corrected chi connectivity index (χ1v) is 7.25. The largest absolute Gasteiger partial charge is 0.459 e. The topological polar surface area (TPSA) is 57.2 Å². The lowest BCUT2D eigenvalue weighted by Gasteiger charge is -2.42. The quantitative estimate of drug-likeness (QED) is 0.788. The first-order chi connectivity index (χ1) is 9.48. The molecule has 3 fully saturated rings. The Morgan fingerprint density at radius 2 is 2.35 bits per heavy atom. The van der Waals surface area contributed by atoms with E-state index in [1.807, 2.05) is 0 Å². The molecule has 0 aromatic carbocycles. The third-order valence-electron chi connectivity index (χ3n) is 6.72. The van der Waals surface area contributed by atoms with E-state index in [9.17, 15) is 10.1 Å². The van der Waals surface area contributed by atoms with Gasteiger partial charge in [0.25, 0.3) is 5.91 Å². The number of carbonyl (C=O) groups is 1. The Bertz CT molecular complexity index is 631. The van der Waals surface area contributed by atoms with Gasteiger partial charge in [0, 0.05) is 12.0 Å². The molecule has 3 aliphatic rings. The predicted octanol–water partition coefficient (Wildman–Crippen LogP) is 2.82. The fourth-order valence-electron chi connectivity index (χ4n) is 5.29. The summed E-state index contributed by atoms with van der Waals surface area (Å²) in [6.45, 7) is 5.15. The van der Waals surface area contributed by atoms with Gasteiger partial charge in [0.2, 0.25) is 0 Å². The molecule has 4 heteroatoms. The molecule has 1 aromatic heterocycles. The summed E-state index contributed by atoms with van der Waals surface area (Å²) in [7, 11) is 0. The third kappa shape index (κ3) is 0.974. The Morgan fingerprint density at radius 3 is 2.95 bits per heavy atom. The van der Waals surface area contributed by atoms with Crippen molar-refractivity contribution < 1.29 is 9.21 Å². The lowest BCUT2D eigenvalue weighted by atomic mass is 9.66. The van der Waals surface area contributed by atoms with Crippen LogP contribution < -0.4 is 0 Å². The van der Waals surface area contributed by atoms with Crippen LogP contribution in [0.3, 0.4) is 0 Å². The fraction of sp³-hybridized carbons (Fsp3) is 0.625. The summed E-state index contributed by atoms with van der Waals surface area (Å²) in [5, 5.41) is 9.89. The first kappa shape index (κ1) is 12.0. The monoisotopic (exact) mass is 270 g/mol. The normalized spacial score (nSPS) is 44.9. The standard InChI is InChI=1S/C16H18N2O2/c1-14-10-18(13(19)12-4-3-7-20-12)16(9-17)8-11(14)5-6-15(14,16)2/h3-4,7,11H,5-6,8,10H2,1-2H3/t11-,14-,15+,16-/m1/s1. The Kier molecular flexibility index (Phi) is 1.97. The lowest BCUT2D eigenvalue weighted by Crippen LogP contribution is -2.54. The molecular weight excluding hydrogens is 252 g/mol. The van der Waals surface area contributed by atoms with Gasteiger partial charge in [-0.2, -0.15) is 5.26 Å². The number of furan rings is 1. The zero-order chi connectivity index (χ0) is 14.2. The van der Waals surface area contributed by atoms with Gasteiger partial charge in [-0.05, 0) is 42.7 Å². The van der Waals surface area contributed by atoms with E-state index in [2.05, 4.69) is 19.9 Å². The van der Waals surface area contributed by atoms with E-state index in [1.54, 1.807) is 17.0 Å². The highest BCUT2D eigenvalue weighted by Crippen LogP contribution is 2.75. The Hall–Kier alpha value is -1.76. The lowest BCUT2D eigenvalue weighted by molar-refractivity contribution is 0.0400. The van der Waals surface area contributed by atoms with E-state index in [-0.39, 0.29) is 16.7 Å². The van der Waals surface area contributed by atoms with Gasteiger partial charge in [-0.25, -0.2) is 0 Å². The van der Waals surface area contributed by atoms with E-state index >= 15 is 0 Å². The van der Waals surface area contributed by atoms with E-state index in [0.717, 1.165) is 12.8 Å². The van der Waals surface area contributed by atoms with Crippen LogP contribution in [-0.2, 0) is 0 Å². The second-order valence-electron chi connectivity index (χ2n) is 7.03. The van der Waals surface area contributed by atoms with Crippen molar-refractivity contribution in [1.82, 2.24) is 4.90 Å². The molecule has 104 valence electrons. The SMILES string of the molecule is C[C@@]12CC[C@@H]3C[C@]1(C#N)N(C(=O)c1ccco1)C[C@]32C. The van der Waals surface area contributed by atoms with Gasteiger partial charge < -0.3 is 9.32 Å². The Balaban J connectivity index is 1.82. The Morgan fingerprint density at radius 1 is 1.55 bits per heavy atom. The van der Waals surface area contributed by atoms with Gasteiger partial charge in [-0.15, -0.1) is 0 Å². The van der Waals surface area contributed by atoms with Gasteiger partial charge in [-0.3, -0.25) is 4.79 Å². The van der Waals surface area contributed by atoms with Crippen LogP contribution in [0.2, 0.25) is 0 Å². The number of likely N-dealkylation sites (tertiary alicyclic amines) is 1. The number of nitrogens with zero attached hydrogens (tertiary/aromatic N) is 2. The molecule has 1 amide bonds. The number of hydrogen-bond donors (Lipinski definition) is 0. The van der Waals surface area contributed by atoms with Gasteiger partial charge in [0.05, 0.1) is 12.3 Å². The van der Waals surface area contributed by atoms with Gasteiger partial charge in [-0.1, -0.05) is 13.8 Å². The minimum atomic E-state index is -0.644. The predicted molar refractivity (Wildman–Crippen MR) is 71.6 cm³/mol. The number of amides is 1. The van der Waals surface area contributed by atoms with Crippen molar-refractivity contribution in [1.29, 1.82) is 5.26 Å². The van der Waals surface area contributed by atoms with Crippen LogP contribution in [0.1, 0.15) is 43.7 Å². The molecular formula is C16H18N2O2. The zero-order valence-corrected chi connectivity index (χ0v) is 11.8. The highest BCUT2D eigenvalue weighted by molar-refractivity contribution is 5.93. The number of hydrogen-bond acceptors (Lipinski definition) is 3. The zero-order valence-electron chi connectivity index (χ0n) is 11.8. The molecule has 0 N–H and O–H groups in total. The van der Waals surface area contributed by atoms with Crippen LogP contribution in [0.4, 0.5) is 0 Å². The first-order valence-electron chi connectivity index (χ1n) is 7.25. The fourth-order valence-corrected chi connectivity index (χ4v) is 5.29. The van der Waals surface area contributed by atoms with Crippen LogP contribution in [0, 0.1) is 28.1 Å². The minimum absolute atomic E-state index is 0.0744. The van der Waals surface area contributed by atoms with Crippen LogP contribution in [0.15, 0.2) is 22.8 Å². The molecule has 2 heterocycles. The summed E-state index contributed by atoms with van der Waals surface area (Å²) in [6.07, 6.45) is 4.57. The number of carbonyl (C=O) groups excluding carboxylic acids is 1. The number of nitriles is 1. The molecule has 2 aliphatic carbocycles. The van der Waals surface area contributed by atoms with Crippen molar-refractivity contribution in [2.24, 2.45) is 16.7 Å². The van der Waals surface area contributed by atoms with Crippen molar-refractivity contribution in [3.05, 3.63) is 24.2 Å². The van der Waals surface area contributed by atoms with Crippen LogP contribution in [0.25, 0.3) is 0 Å². The molecule has 1 saturated heterocycles. The summed E-state index contributed by atoms with van der Waals surface area (Å²) in [5.41, 5.74) is -0.652. The molecule has 4 rings (SSSR count). The maximum absolute atomic E-state index is 12.7. The second kappa shape index (κ2) is 3.28. The van der Waals surface area contributed by atoms with Gasteiger partial charge in [0.1, 0.15) is 5.54 Å². The van der Waals surface area contributed by atoms with Gasteiger partial charge in [0.15, 0.2) is 5.76 Å². The molecule has 2 saturated carbocycles. The molecule has 4 atom stereocenters. The molecule has 20 heavy (non-hydrogen) atoms. The van der Waals surface area contributed by atoms with Crippen molar-refractivity contribution >= 4 is 5.91 Å². The number of piperidine rings is 1. The van der Waals surface area contributed by atoms with E-state index in [4.69, 9.17) is 4.42 Å². The maximum atomic E-state index is 12.7. The summed E-state index contributed by atoms with van der Waals surface area (Å²) < 4.78 is 5.25. The molecule has 0 radical (unpaired) electrons. The maximum Gasteiger partial charge on any atom is 0.290 e. The average molecular weight is 270 g/mol. The van der Waals surface area contributed by atoms with Crippen LogP contribution in [0.5, 0.6) is 0 Å². The summed E-state index contributed by atoms with van der Waals surface area (Å²) in [5.74, 6) is 0.787.